The van der Waals surface area contributed by atoms with Gasteiger partial charge in [0.15, 0.2) is 16.9 Å². The molecule has 1 aromatic heterocycles. The Labute approximate surface area is 168 Å². The molecule has 0 saturated carbocycles. The van der Waals surface area contributed by atoms with Crippen LogP contribution in [-0.4, -0.2) is 60.7 Å². The van der Waals surface area contributed by atoms with Gasteiger partial charge >= 0.3 is 0 Å². The van der Waals surface area contributed by atoms with Crippen LogP contribution in [0.4, 0.5) is 0 Å². The summed E-state index contributed by atoms with van der Waals surface area (Å²) in [5.41, 5.74) is -0.688. The molecule has 0 amide bonds. The Balaban J connectivity index is 1.93. The lowest BCUT2D eigenvalue weighted by Crippen LogP contribution is -2.49. The fraction of sp³-hybridized carbons (Fsp3) is 0.250. The van der Waals surface area contributed by atoms with Gasteiger partial charge in [-0.1, -0.05) is 0 Å². The fourth-order valence-corrected chi connectivity index (χ4v) is 3.51. The van der Waals surface area contributed by atoms with E-state index < -0.39 is 47.1 Å². The Hall–Kier alpha value is -3.31. The highest BCUT2D eigenvalue weighted by Crippen LogP contribution is 2.42. The molecule has 10 nitrogen and oxygen atoms in total. The third-order valence-electron chi connectivity index (χ3n) is 5.01. The van der Waals surface area contributed by atoms with Crippen LogP contribution < -0.4 is 5.43 Å². The lowest BCUT2D eigenvalue weighted by molar-refractivity contribution is -0.189. The largest absolute Gasteiger partial charge is 0.508 e. The number of aliphatic hydroxyl groups excluding tert-OH is 3. The molecule has 0 aliphatic carbocycles. The van der Waals surface area contributed by atoms with E-state index in [1.807, 2.05) is 0 Å². The minimum Gasteiger partial charge on any atom is -0.508 e. The van der Waals surface area contributed by atoms with E-state index in [-0.39, 0.29) is 40.2 Å². The second-order valence-corrected chi connectivity index (χ2v) is 7.04. The molecule has 3 aromatic rings. The SMILES string of the molecule is O=c1cc(-c2cc(O)c(O)cc2[C@H]2OC[C@H](O)[C@@H](O)[C@@H]2O)oc2cc(O)cc(O)c12. The minimum absolute atomic E-state index is 0.0415. The van der Waals surface area contributed by atoms with Crippen molar-refractivity contribution >= 4 is 11.0 Å². The lowest BCUT2D eigenvalue weighted by atomic mass is 9.90. The molecule has 7 N–H and O–H groups in total. The first-order valence-electron chi connectivity index (χ1n) is 8.89. The smallest absolute Gasteiger partial charge is 0.197 e. The summed E-state index contributed by atoms with van der Waals surface area (Å²) >= 11 is 0. The molecule has 0 unspecified atom stereocenters. The third kappa shape index (κ3) is 3.21. The predicted octanol–water partition coefficient (Wildman–Crippen LogP) is 0.436. The maximum atomic E-state index is 12.5. The van der Waals surface area contributed by atoms with Crippen molar-refractivity contribution in [1.82, 2.24) is 0 Å². The van der Waals surface area contributed by atoms with Crippen molar-refractivity contribution in [2.45, 2.75) is 24.4 Å². The van der Waals surface area contributed by atoms with Gasteiger partial charge in [-0.05, 0) is 17.7 Å². The van der Waals surface area contributed by atoms with Crippen LogP contribution in [0.5, 0.6) is 23.0 Å². The Morgan fingerprint density at radius 1 is 0.833 bits per heavy atom. The number of phenolic OH excluding ortho intramolecular Hbond substituents is 4. The second kappa shape index (κ2) is 7.18. The van der Waals surface area contributed by atoms with Gasteiger partial charge in [0, 0.05) is 23.8 Å². The van der Waals surface area contributed by atoms with Crippen LogP contribution in [0, 0.1) is 0 Å². The Morgan fingerprint density at radius 2 is 1.53 bits per heavy atom. The van der Waals surface area contributed by atoms with Gasteiger partial charge in [0.05, 0.1) is 6.61 Å². The zero-order chi connectivity index (χ0) is 21.7. The molecule has 10 heteroatoms. The fourth-order valence-electron chi connectivity index (χ4n) is 3.51. The van der Waals surface area contributed by atoms with Gasteiger partial charge in [-0.25, -0.2) is 0 Å². The number of hydrogen-bond donors (Lipinski definition) is 7. The number of phenols is 4. The van der Waals surface area contributed by atoms with Crippen molar-refractivity contribution in [2.24, 2.45) is 0 Å². The van der Waals surface area contributed by atoms with Crippen LogP contribution >= 0.6 is 0 Å². The zero-order valence-electron chi connectivity index (χ0n) is 15.3. The molecule has 1 saturated heterocycles. The molecular weight excluding hydrogens is 400 g/mol. The highest BCUT2D eigenvalue weighted by molar-refractivity contribution is 5.86. The van der Waals surface area contributed by atoms with Gasteiger partial charge in [-0.3, -0.25) is 4.79 Å². The lowest BCUT2D eigenvalue weighted by Gasteiger charge is -2.36. The summed E-state index contributed by atoms with van der Waals surface area (Å²) in [6.07, 6.45) is -5.68. The van der Waals surface area contributed by atoms with E-state index in [0.29, 0.717) is 0 Å². The Morgan fingerprint density at radius 3 is 2.27 bits per heavy atom. The van der Waals surface area contributed by atoms with E-state index in [2.05, 4.69) is 0 Å². The second-order valence-electron chi connectivity index (χ2n) is 7.04. The van der Waals surface area contributed by atoms with Gasteiger partial charge in [0.25, 0.3) is 0 Å². The summed E-state index contributed by atoms with van der Waals surface area (Å²) in [5, 5.41) is 69.4. The van der Waals surface area contributed by atoms with E-state index in [1.54, 1.807) is 0 Å². The quantitative estimate of drug-likeness (QED) is 0.288. The molecule has 1 fully saturated rings. The van der Waals surface area contributed by atoms with E-state index in [4.69, 9.17) is 9.15 Å². The summed E-state index contributed by atoms with van der Waals surface area (Å²) in [6.45, 7) is -0.312. The monoisotopic (exact) mass is 418 g/mol. The first-order valence-corrected chi connectivity index (χ1v) is 8.89. The van der Waals surface area contributed by atoms with Crippen molar-refractivity contribution in [1.29, 1.82) is 0 Å². The average molecular weight is 418 g/mol. The van der Waals surface area contributed by atoms with Crippen LogP contribution in [0.15, 0.2) is 39.5 Å². The van der Waals surface area contributed by atoms with Crippen LogP contribution in [0.2, 0.25) is 0 Å². The summed E-state index contributed by atoms with van der Waals surface area (Å²) in [5.74, 6) is -2.07. The van der Waals surface area contributed by atoms with Gasteiger partial charge in [0.1, 0.15) is 52.6 Å². The highest BCUT2D eigenvalue weighted by atomic mass is 16.5. The Bertz CT molecular complexity index is 1180. The average Bonchev–Trinajstić information content (AvgIpc) is 2.67. The summed E-state index contributed by atoms with van der Waals surface area (Å²) in [4.78, 5) is 12.5. The number of aromatic hydroxyl groups is 4. The van der Waals surface area contributed by atoms with Crippen LogP contribution in [-0.2, 0) is 4.74 Å². The molecule has 4 rings (SSSR count). The van der Waals surface area contributed by atoms with E-state index in [1.165, 1.54) is 0 Å². The van der Waals surface area contributed by atoms with E-state index in [0.717, 1.165) is 30.3 Å². The van der Waals surface area contributed by atoms with Gasteiger partial charge < -0.3 is 44.9 Å². The number of fused-ring (bicyclic) bond motifs is 1. The van der Waals surface area contributed by atoms with E-state index >= 15 is 0 Å². The number of aliphatic hydroxyl groups is 3. The summed E-state index contributed by atoms with van der Waals surface area (Å²) in [7, 11) is 0. The maximum absolute atomic E-state index is 12.5. The molecule has 2 heterocycles. The van der Waals surface area contributed by atoms with Gasteiger partial charge in [-0.15, -0.1) is 0 Å². The molecular formula is C20H18O10. The normalized spacial score (nSPS) is 24.2. The standard InChI is InChI=1S/C20H18O10/c21-7-1-12(24)17-13(25)5-15(30-16(17)2-7)8-3-10(22)11(23)4-9(8)20-19(28)18(27)14(26)6-29-20/h1-5,14,18-24,26-28H,6H2/t14-,18+,19-,20+/m0/s1. The Kier molecular flexibility index (Phi) is 4.79. The number of hydrogen-bond acceptors (Lipinski definition) is 10. The summed E-state index contributed by atoms with van der Waals surface area (Å²) in [6, 6.07) is 5.27. The van der Waals surface area contributed by atoms with Crippen molar-refractivity contribution < 1.29 is 44.9 Å². The molecule has 158 valence electrons. The molecule has 2 aromatic carbocycles. The van der Waals surface area contributed by atoms with Crippen molar-refractivity contribution in [3.05, 3.63) is 46.1 Å². The maximum Gasteiger partial charge on any atom is 0.197 e. The topological polar surface area (TPSA) is 181 Å². The third-order valence-corrected chi connectivity index (χ3v) is 5.01. The molecule has 1 aliphatic rings. The number of ether oxygens (including phenoxy) is 1. The van der Waals surface area contributed by atoms with Gasteiger partial charge in [0.2, 0.25) is 0 Å². The number of rotatable bonds is 2. The first kappa shape index (κ1) is 20.0. The first-order chi connectivity index (χ1) is 14.2. The molecule has 1 aliphatic heterocycles. The molecule has 0 bridgehead atoms. The van der Waals surface area contributed by atoms with Crippen molar-refractivity contribution in [2.75, 3.05) is 6.61 Å². The highest BCUT2D eigenvalue weighted by Gasteiger charge is 2.40. The van der Waals surface area contributed by atoms with Gasteiger partial charge in [-0.2, -0.15) is 0 Å². The zero-order valence-corrected chi connectivity index (χ0v) is 15.3. The number of benzene rings is 2. The molecule has 0 radical (unpaired) electrons. The molecule has 30 heavy (non-hydrogen) atoms. The van der Waals surface area contributed by atoms with Crippen LogP contribution in [0.1, 0.15) is 11.7 Å². The van der Waals surface area contributed by atoms with E-state index in [9.17, 15) is 40.5 Å². The van der Waals surface area contributed by atoms with Crippen molar-refractivity contribution in [3.63, 3.8) is 0 Å². The predicted molar refractivity (Wildman–Crippen MR) is 101 cm³/mol. The van der Waals surface area contributed by atoms with Crippen LogP contribution in [0.25, 0.3) is 22.3 Å². The minimum atomic E-state index is -1.59. The van der Waals surface area contributed by atoms with Crippen molar-refractivity contribution in [3.8, 4) is 34.3 Å². The molecule has 0 spiro atoms. The summed E-state index contributed by atoms with van der Waals surface area (Å²) < 4.78 is 11.1. The molecule has 4 atom stereocenters. The van der Waals surface area contributed by atoms with Crippen LogP contribution in [0.3, 0.4) is 0 Å².